The molecule has 0 saturated heterocycles. The summed E-state index contributed by atoms with van der Waals surface area (Å²) < 4.78 is 14.6. The van der Waals surface area contributed by atoms with E-state index in [1.165, 1.54) is 12.1 Å². The number of H-pyrrole nitrogens is 2. The van der Waals surface area contributed by atoms with Gasteiger partial charge in [-0.15, -0.1) is 0 Å². The Morgan fingerprint density at radius 2 is 1.82 bits per heavy atom. The number of aromatic nitrogens is 6. The van der Waals surface area contributed by atoms with Gasteiger partial charge in [-0.3, -0.25) is 15.1 Å². The average Bonchev–Trinajstić information content (AvgIpc) is 3.51. The summed E-state index contributed by atoms with van der Waals surface area (Å²) in [7, 11) is 4.00. The largest absolute Gasteiger partial charge is 0.397 e. The van der Waals surface area contributed by atoms with E-state index in [2.05, 4.69) is 35.4 Å². The molecule has 5 aromatic heterocycles. The number of benzene rings is 1. The molecular formula is C28H26FN9. The number of likely N-dealkylation sites (N-methyl/N-ethyl adjacent to an activating group) is 1. The van der Waals surface area contributed by atoms with Crippen LogP contribution in [0.3, 0.4) is 0 Å². The Kier molecular flexibility index (Phi) is 5.93. The third-order valence-electron chi connectivity index (χ3n) is 6.36. The maximum atomic E-state index is 14.6. The van der Waals surface area contributed by atoms with Crippen LogP contribution in [0.4, 0.5) is 15.8 Å². The Bertz CT molecular complexity index is 1770. The molecule has 0 aliphatic heterocycles. The standard InChI is InChI=1S/C28H26FN9/c1-38(2)6-5-33-20-9-16(7-18(29)10-20)22-14-32-15-26-21(22)11-25(34-26)28-27-24(36-37-28)4-3-23(35-27)17-8-19(30)13-31-12-17/h3-4,7-15,33-34H,5-6,30H2,1-2H3,(H,36,37). The van der Waals surface area contributed by atoms with E-state index in [0.29, 0.717) is 23.4 Å². The highest BCUT2D eigenvalue weighted by Gasteiger charge is 2.16. The van der Waals surface area contributed by atoms with Crippen LogP contribution in [0.25, 0.3) is 55.7 Å². The first-order valence-corrected chi connectivity index (χ1v) is 12.2. The molecule has 0 aliphatic rings. The van der Waals surface area contributed by atoms with Crippen molar-refractivity contribution in [3.05, 3.63) is 73.1 Å². The molecule has 6 aromatic rings. The van der Waals surface area contributed by atoms with Crippen LogP contribution in [-0.2, 0) is 0 Å². The van der Waals surface area contributed by atoms with E-state index in [-0.39, 0.29) is 5.82 Å². The van der Waals surface area contributed by atoms with Gasteiger partial charge in [0.2, 0.25) is 0 Å². The molecular weight excluding hydrogens is 481 g/mol. The highest BCUT2D eigenvalue weighted by molar-refractivity contribution is 6.00. The van der Waals surface area contributed by atoms with Crippen molar-refractivity contribution in [3.8, 4) is 33.8 Å². The maximum absolute atomic E-state index is 14.6. The summed E-state index contributed by atoms with van der Waals surface area (Å²) in [6, 6.07) is 12.7. The zero-order valence-corrected chi connectivity index (χ0v) is 21.0. The number of nitrogens with one attached hydrogen (secondary N) is 3. The second kappa shape index (κ2) is 9.56. The van der Waals surface area contributed by atoms with E-state index in [1.807, 2.05) is 44.4 Å². The fourth-order valence-corrected chi connectivity index (χ4v) is 4.53. The lowest BCUT2D eigenvalue weighted by Crippen LogP contribution is -2.20. The topological polar surface area (TPSA) is 124 Å². The van der Waals surface area contributed by atoms with Crippen LogP contribution < -0.4 is 11.1 Å². The molecule has 190 valence electrons. The molecule has 38 heavy (non-hydrogen) atoms. The Hall–Kier alpha value is -4.83. The van der Waals surface area contributed by atoms with Crippen molar-refractivity contribution in [3.63, 3.8) is 0 Å². The van der Waals surface area contributed by atoms with E-state index < -0.39 is 0 Å². The number of aromatic amines is 2. The number of nitrogens with two attached hydrogens (primary N) is 1. The number of nitrogen functional groups attached to an aromatic ring is 1. The monoisotopic (exact) mass is 507 g/mol. The molecule has 5 heterocycles. The van der Waals surface area contributed by atoms with Crippen LogP contribution in [-0.4, -0.2) is 62.2 Å². The lowest BCUT2D eigenvalue weighted by molar-refractivity contribution is 0.425. The van der Waals surface area contributed by atoms with Gasteiger partial charge >= 0.3 is 0 Å². The van der Waals surface area contributed by atoms with Gasteiger partial charge in [0.25, 0.3) is 0 Å². The number of hydrogen-bond acceptors (Lipinski definition) is 7. The van der Waals surface area contributed by atoms with E-state index in [4.69, 9.17) is 10.7 Å². The normalized spacial score (nSPS) is 11.6. The van der Waals surface area contributed by atoms with Crippen molar-refractivity contribution in [1.29, 1.82) is 0 Å². The summed E-state index contributed by atoms with van der Waals surface area (Å²) >= 11 is 0. The summed E-state index contributed by atoms with van der Waals surface area (Å²) in [5.41, 5.74) is 14.1. The van der Waals surface area contributed by atoms with E-state index in [9.17, 15) is 4.39 Å². The number of halogens is 1. The molecule has 0 fully saturated rings. The molecule has 5 N–H and O–H groups in total. The van der Waals surface area contributed by atoms with E-state index in [0.717, 1.165) is 56.7 Å². The van der Waals surface area contributed by atoms with E-state index in [1.54, 1.807) is 24.8 Å². The van der Waals surface area contributed by atoms with Crippen LogP contribution in [0.15, 0.2) is 67.3 Å². The van der Waals surface area contributed by atoms with Gasteiger partial charge in [-0.1, -0.05) is 0 Å². The number of hydrogen-bond donors (Lipinski definition) is 4. The van der Waals surface area contributed by atoms with Gasteiger partial charge in [-0.05, 0) is 62.1 Å². The Balaban J connectivity index is 1.40. The Morgan fingerprint density at radius 1 is 0.947 bits per heavy atom. The zero-order chi connectivity index (χ0) is 26.2. The SMILES string of the molecule is CN(C)CCNc1cc(F)cc(-c2cncc3[nH]c(-c4n[nH]c5ccc(-c6cncc(N)c6)nc45)cc23)c1. The first kappa shape index (κ1) is 23.6. The minimum Gasteiger partial charge on any atom is -0.397 e. The van der Waals surface area contributed by atoms with Gasteiger partial charge in [0.15, 0.2) is 0 Å². The molecule has 1 aromatic carbocycles. The summed E-state index contributed by atoms with van der Waals surface area (Å²) in [6.07, 6.45) is 6.84. The number of nitrogens with zero attached hydrogens (tertiary/aromatic N) is 5. The molecule has 0 bridgehead atoms. The Morgan fingerprint density at radius 3 is 2.66 bits per heavy atom. The number of rotatable bonds is 7. The molecule has 0 aliphatic carbocycles. The van der Waals surface area contributed by atoms with Gasteiger partial charge in [0.05, 0.1) is 34.3 Å². The first-order chi connectivity index (χ1) is 18.4. The van der Waals surface area contributed by atoms with Crippen molar-refractivity contribution >= 4 is 33.3 Å². The van der Waals surface area contributed by atoms with Gasteiger partial charge in [-0.25, -0.2) is 9.37 Å². The number of fused-ring (bicyclic) bond motifs is 2. The third-order valence-corrected chi connectivity index (χ3v) is 6.36. The van der Waals surface area contributed by atoms with Crippen LogP contribution in [0, 0.1) is 5.82 Å². The minimum atomic E-state index is -0.311. The van der Waals surface area contributed by atoms with Gasteiger partial charge in [0, 0.05) is 53.9 Å². The molecule has 10 heteroatoms. The number of anilines is 2. The van der Waals surface area contributed by atoms with E-state index >= 15 is 0 Å². The summed E-state index contributed by atoms with van der Waals surface area (Å²) in [4.78, 5) is 18.9. The van der Waals surface area contributed by atoms with Crippen molar-refractivity contribution < 1.29 is 4.39 Å². The van der Waals surface area contributed by atoms with Crippen LogP contribution in [0.1, 0.15) is 0 Å². The molecule has 0 atom stereocenters. The molecule has 0 radical (unpaired) electrons. The first-order valence-electron chi connectivity index (χ1n) is 12.2. The lowest BCUT2D eigenvalue weighted by atomic mass is 10.0. The van der Waals surface area contributed by atoms with Crippen molar-refractivity contribution in [2.75, 3.05) is 38.2 Å². The second-order valence-corrected chi connectivity index (χ2v) is 9.46. The van der Waals surface area contributed by atoms with Gasteiger partial charge in [-0.2, -0.15) is 5.10 Å². The fraction of sp³-hybridized carbons (Fsp3) is 0.143. The zero-order valence-electron chi connectivity index (χ0n) is 21.0. The van der Waals surface area contributed by atoms with Crippen LogP contribution in [0.2, 0.25) is 0 Å². The summed E-state index contributed by atoms with van der Waals surface area (Å²) in [5, 5.41) is 11.8. The second-order valence-electron chi connectivity index (χ2n) is 9.46. The van der Waals surface area contributed by atoms with Crippen molar-refractivity contribution in [2.24, 2.45) is 0 Å². The van der Waals surface area contributed by atoms with Crippen molar-refractivity contribution in [1.82, 2.24) is 35.0 Å². The average molecular weight is 508 g/mol. The van der Waals surface area contributed by atoms with Gasteiger partial charge in [0.1, 0.15) is 17.0 Å². The quantitative estimate of drug-likeness (QED) is 0.242. The molecule has 9 nitrogen and oxygen atoms in total. The van der Waals surface area contributed by atoms with Gasteiger partial charge < -0.3 is 20.9 Å². The number of pyridine rings is 3. The minimum absolute atomic E-state index is 0.311. The summed E-state index contributed by atoms with van der Waals surface area (Å²) in [6.45, 7) is 1.55. The van der Waals surface area contributed by atoms with Crippen LogP contribution in [0.5, 0.6) is 0 Å². The third kappa shape index (κ3) is 4.53. The molecule has 0 spiro atoms. The molecule has 0 amide bonds. The highest BCUT2D eigenvalue weighted by Crippen LogP contribution is 2.35. The molecule has 0 saturated carbocycles. The Labute approximate surface area is 218 Å². The predicted molar refractivity (Wildman–Crippen MR) is 149 cm³/mol. The highest BCUT2D eigenvalue weighted by atomic mass is 19.1. The van der Waals surface area contributed by atoms with Crippen molar-refractivity contribution in [2.45, 2.75) is 0 Å². The fourth-order valence-electron chi connectivity index (χ4n) is 4.53. The predicted octanol–water partition coefficient (Wildman–Crippen LogP) is 4.93. The van der Waals surface area contributed by atoms with Crippen LogP contribution >= 0.6 is 0 Å². The maximum Gasteiger partial charge on any atom is 0.135 e. The molecule has 6 rings (SSSR count). The molecule has 0 unspecified atom stereocenters. The lowest BCUT2D eigenvalue weighted by Gasteiger charge is -2.13. The summed E-state index contributed by atoms with van der Waals surface area (Å²) in [5.74, 6) is -0.311. The smallest absolute Gasteiger partial charge is 0.135 e.